The molecule has 3 rings (SSSR count). The first-order valence-electron chi connectivity index (χ1n) is 7.33. The molecule has 0 bridgehead atoms. The third-order valence-corrected chi connectivity index (χ3v) is 4.62. The average molecular weight is 290 g/mol. The zero-order chi connectivity index (χ0) is 15.1. The number of fused-ring (bicyclic) bond motifs is 1. The molecule has 112 valence electrons. The Morgan fingerprint density at radius 3 is 2.81 bits per heavy atom. The zero-order valence-electron chi connectivity index (χ0n) is 12.2. The van der Waals surface area contributed by atoms with Crippen LogP contribution < -0.4 is 5.32 Å². The summed E-state index contributed by atoms with van der Waals surface area (Å²) in [6, 6.07) is 4.40. The van der Waals surface area contributed by atoms with Gasteiger partial charge in [-0.15, -0.1) is 0 Å². The maximum atomic E-state index is 13.3. The quantitative estimate of drug-likeness (QED) is 0.930. The number of anilines is 1. The van der Waals surface area contributed by atoms with E-state index < -0.39 is 11.7 Å². The molecule has 1 aromatic rings. The lowest BCUT2D eigenvalue weighted by molar-refractivity contribution is -0.135. The van der Waals surface area contributed by atoms with Crippen molar-refractivity contribution in [3.63, 3.8) is 0 Å². The number of nitrogens with zero attached hydrogens (tertiary/aromatic N) is 1. The highest BCUT2D eigenvalue weighted by molar-refractivity contribution is 6.01. The summed E-state index contributed by atoms with van der Waals surface area (Å²) in [5.41, 5.74) is 1.12. The Bertz CT molecular complexity index is 598. The average Bonchev–Trinajstić information content (AvgIpc) is 3.28. The van der Waals surface area contributed by atoms with E-state index in [2.05, 4.69) is 5.32 Å². The van der Waals surface area contributed by atoms with Crippen LogP contribution in [0.25, 0.3) is 0 Å². The van der Waals surface area contributed by atoms with Gasteiger partial charge in [-0.1, -0.05) is 6.07 Å². The van der Waals surface area contributed by atoms with Gasteiger partial charge in [0.15, 0.2) is 0 Å². The van der Waals surface area contributed by atoms with E-state index in [1.165, 1.54) is 12.1 Å². The van der Waals surface area contributed by atoms with Gasteiger partial charge in [-0.3, -0.25) is 9.59 Å². The number of hydrogen-bond donors (Lipinski definition) is 1. The van der Waals surface area contributed by atoms with E-state index in [9.17, 15) is 14.0 Å². The van der Waals surface area contributed by atoms with Crippen molar-refractivity contribution in [2.24, 2.45) is 5.92 Å². The zero-order valence-corrected chi connectivity index (χ0v) is 12.2. The Hall–Kier alpha value is -1.91. The second kappa shape index (κ2) is 5.13. The number of amides is 2. The van der Waals surface area contributed by atoms with Crippen molar-refractivity contribution in [2.45, 2.75) is 38.1 Å². The van der Waals surface area contributed by atoms with Crippen molar-refractivity contribution in [3.8, 4) is 0 Å². The van der Waals surface area contributed by atoms with Gasteiger partial charge in [0.2, 0.25) is 11.8 Å². The van der Waals surface area contributed by atoms with Crippen molar-refractivity contribution in [3.05, 3.63) is 29.6 Å². The minimum Gasteiger partial charge on any atom is -0.342 e. The van der Waals surface area contributed by atoms with Crippen molar-refractivity contribution < 1.29 is 14.0 Å². The van der Waals surface area contributed by atoms with Crippen LogP contribution in [0.2, 0.25) is 0 Å². The maximum absolute atomic E-state index is 13.3. The minimum absolute atomic E-state index is 0.0582. The number of hydrogen-bond acceptors (Lipinski definition) is 2. The van der Waals surface area contributed by atoms with Crippen molar-refractivity contribution in [1.82, 2.24) is 4.90 Å². The van der Waals surface area contributed by atoms with Gasteiger partial charge in [0, 0.05) is 25.2 Å². The highest BCUT2D eigenvalue weighted by Crippen LogP contribution is 2.38. The molecule has 1 aromatic carbocycles. The molecule has 0 radical (unpaired) electrons. The molecule has 1 heterocycles. The molecular formula is C16H19FN2O2. The molecule has 0 aromatic heterocycles. The van der Waals surface area contributed by atoms with Crippen LogP contribution >= 0.6 is 0 Å². The fourth-order valence-electron chi connectivity index (χ4n) is 3.00. The summed E-state index contributed by atoms with van der Waals surface area (Å²) in [6.07, 6.45) is 2.44. The van der Waals surface area contributed by atoms with E-state index >= 15 is 0 Å². The molecule has 1 saturated carbocycles. The van der Waals surface area contributed by atoms with E-state index in [-0.39, 0.29) is 24.3 Å². The summed E-state index contributed by atoms with van der Waals surface area (Å²) in [5, 5.41) is 2.64. The largest absolute Gasteiger partial charge is 0.342 e. The van der Waals surface area contributed by atoms with E-state index in [1.54, 1.807) is 18.0 Å². The summed E-state index contributed by atoms with van der Waals surface area (Å²) in [4.78, 5) is 26.2. The molecule has 4 nitrogen and oxygen atoms in total. The Balaban J connectivity index is 1.88. The fraction of sp³-hybridized carbons (Fsp3) is 0.500. The van der Waals surface area contributed by atoms with Crippen LogP contribution in [0.3, 0.4) is 0 Å². The third-order valence-electron chi connectivity index (χ3n) is 4.62. The first kappa shape index (κ1) is 14.0. The molecule has 1 aliphatic heterocycles. The van der Waals surface area contributed by atoms with E-state index in [0.29, 0.717) is 17.2 Å². The van der Waals surface area contributed by atoms with Gasteiger partial charge >= 0.3 is 0 Å². The van der Waals surface area contributed by atoms with E-state index in [1.807, 2.05) is 6.92 Å². The molecule has 0 saturated heterocycles. The molecule has 1 fully saturated rings. The highest BCUT2D eigenvalue weighted by Gasteiger charge is 2.37. The maximum Gasteiger partial charge on any atom is 0.230 e. The summed E-state index contributed by atoms with van der Waals surface area (Å²) >= 11 is 0. The Morgan fingerprint density at radius 2 is 2.14 bits per heavy atom. The second-order valence-electron chi connectivity index (χ2n) is 6.06. The lowest BCUT2D eigenvalue weighted by Crippen LogP contribution is -2.41. The lowest BCUT2D eigenvalue weighted by Gasteiger charge is -2.32. The van der Waals surface area contributed by atoms with Crippen molar-refractivity contribution in [2.75, 3.05) is 12.4 Å². The number of rotatable bonds is 3. The molecule has 2 aliphatic rings. The van der Waals surface area contributed by atoms with Crippen molar-refractivity contribution >= 4 is 17.5 Å². The monoisotopic (exact) mass is 290 g/mol. The molecule has 2 atom stereocenters. The van der Waals surface area contributed by atoms with Gasteiger partial charge in [0.05, 0.1) is 5.92 Å². The van der Waals surface area contributed by atoms with Gasteiger partial charge < -0.3 is 10.2 Å². The highest BCUT2D eigenvalue weighted by atomic mass is 19.1. The van der Waals surface area contributed by atoms with Crippen LogP contribution in [0, 0.1) is 11.7 Å². The number of carbonyl (C=O) groups is 2. The Morgan fingerprint density at radius 1 is 1.43 bits per heavy atom. The van der Waals surface area contributed by atoms with Gasteiger partial charge in [-0.2, -0.15) is 0 Å². The van der Waals surface area contributed by atoms with Gasteiger partial charge in [-0.05, 0) is 43.4 Å². The predicted molar refractivity (Wildman–Crippen MR) is 77.3 cm³/mol. The van der Waals surface area contributed by atoms with Gasteiger partial charge in [-0.25, -0.2) is 4.39 Å². The number of benzene rings is 1. The molecule has 2 amide bonds. The Kier molecular flexibility index (Phi) is 3.43. The number of likely N-dealkylation sites (N-methyl/N-ethyl adjacent to an activating group) is 1. The summed E-state index contributed by atoms with van der Waals surface area (Å²) in [7, 11) is 1.79. The van der Waals surface area contributed by atoms with Crippen LogP contribution in [-0.2, 0) is 9.59 Å². The minimum atomic E-state index is -0.513. The molecule has 1 N–H and O–H groups in total. The second-order valence-corrected chi connectivity index (χ2v) is 6.06. The van der Waals surface area contributed by atoms with Crippen molar-refractivity contribution in [1.29, 1.82) is 0 Å². The number of carbonyl (C=O) groups excluding carboxylic acids is 2. The molecule has 0 unspecified atom stereocenters. The number of nitrogens with one attached hydrogen (secondary N) is 1. The van der Waals surface area contributed by atoms with Gasteiger partial charge in [0.1, 0.15) is 5.82 Å². The standard InChI is InChI=1S/C16H19FN2O2/c1-9(10-3-4-10)19(2)16(21)13-8-15(20)18-14-7-11(17)5-6-12(13)14/h5-7,9-10,13H,3-4,8H2,1-2H3,(H,18,20)/t9-,13+/m0/s1. The molecule has 0 spiro atoms. The summed E-state index contributed by atoms with van der Waals surface area (Å²) in [5.74, 6) is -0.650. The lowest BCUT2D eigenvalue weighted by atomic mass is 9.89. The Labute approximate surface area is 123 Å². The molecule has 5 heteroatoms. The SMILES string of the molecule is C[C@@H](C1CC1)N(C)C(=O)[C@@H]1CC(=O)Nc2cc(F)ccc21. The summed E-state index contributed by atoms with van der Waals surface area (Å²) < 4.78 is 13.3. The molecular weight excluding hydrogens is 271 g/mol. The van der Waals surface area contributed by atoms with Crippen LogP contribution in [0.1, 0.15) is 37.7 Å². The van der Waals surface area contributed by atoms with Crippen LogP contribution in [0.5, 0.6) is 0 Å². The normalized spacial score (nSPS) is 22.2. The van der Waals surface area contributed by atoms with Gasteiger partial charge in [0.25, 0.3) is 0 Å². The smallest absolute Gasteiger partial charge is 0.230 e. The first-order chi connectivity index (χ1) is 9.97. The van der Waals surface area contributed by atoms with Crippen LogP contribution in [0.4, 0.5) is 10.1 Å². The fourth-order valence-corrected chi connectivity index (χ4v) is 3.00. The first-order valence-corrected chi connectivity index (χ1v) is 7.33. The topological polar surface area (TPSA) is 49.4 Å². The van der Waals surface area contributed by atoms with E-state index in [4.69, 9.17) is 0 Å². The third kappa shape index (κ3) is 2.64. The molecule has 21 heavy (non-hydrogen) atoms. The van der Waals surface area contributed by atoms with E-state index in [0.717, 1.165) is 12.8 Å². The summed E-state index contributed by atoms with van der Waals surface area (Å²) in [6.45, 7) is 2.05. The van der Waals surface area contributed by atoms with Crippen LogP contribution in [0.15, 0.2) is 18.2 Å². The predicted octanol–water partition coefficient (Wildman–Crippen LogP) is 2.51. The van der Waals surface area contributed by atoms with Crippen LogP contribution in [-0.4, -0.2) is 29.8 Å². The molecule has 1 aliphatic carbocycles. The number of halogens is 1.